The van der Waals surface area contributed by atoms with Gasteiger partial charge in [-0.25, -0.2) is 9.78 Å². The summed E-state index contributed by atoms with van der Waals surface area (Å²) >= 11 is 0. The fourth-order valence-corrected chi connectivity index (χ4v) is 3.33. The molecule has 0 radical (unpaired) electrons. The first-order chi connectivity index (χ1) is 15.6. The number of carboxylic acid groups (broad SMARTS) is 1. The molecule has 0 spiro atoms. The number of nitrogens with zero attached hydrogens (tertiary/aromatic N) is 3. The number of rotatable bonds is 3. The normalized spacial score (nSPS) is 12.8. The molecular weight excluding hydrogens is 441 g/mol. The van der Waals surface area contributed by atoms with Crippen molar-refractivity contribution in [3.8, 4) is 11.3 Å². The van der Waals surface area contributed by atoms with Crippen LogP contribution < -0.4 is 11.1 Å². The lowest BCUT2D eigenvalue weighted by Crippen LogP contribution is -2.21. The summed E-state index contributed by atoms with van der Waals surface area (Å²) in [5.74, 6) is -2.30. The van der Waals surface area contributed by atoms with E-state index in [4.69, 9.17) is 15.6 Å². The summed E-state index contributed by atoms with van der Waals surface area (Å²) in [5.41, 5.74) is 11.2. The highest BCUT2D eigenvalue weighted by Crippen LogP contribution is 2.27. The molecule has 0 bridgehead atoms. The van der Waals surface area contributed by atoms with E-state index in [-0.39, 0.29) is 11.7 Å². The molecule has 5 N–H and O–H groups in total. The number of hydrogen-bond donors (Lipinski definition) is 4. The van der Waals surface area contributed by atoms with Crippen LogP contribution in [0.5, 0.6) is 0 Å². The van der Waals surface area contributed by atoms with Crippen molar-refractivity contribution in [3.63, 3.8) is 0 Å². The molecule has 0 aromatic carbocycles. The maximum atomic E-state index is 12.7. The van der Waals surface area contributed by atoms with Crippen LogP contribution in [0.4, 0.5) is 24.8 Å². The van der Waals surface area contributed by atoms with Gasteiger partial charge in [-0.3, -0.25) is 14.9 Å². The standard InChI is InChI=1S/C19H20N6O.C2HF3O2/c1-11-16(12-6-8-21-9-7-12)24-25-18(11)23-19(26)14-10-13-4-2-3-5-15(13)22-17(14)20;3-2(4,5)1(6)7/h6-10H,2-5H2,1H3,(H2,20,22)(H2,23,24,25,26);(H,6,7). The average molecular weight is 462 g/mol. The molecule has 3 aromatic rings. The number of carbonyl (C=O) groups is 2. The molecule has 0 fully saturated rings. The lowest BCUT2D eigenvalue weighted by atomic mass is 9.94. The molecule has 0 atom stereocenters. The topological polar surface area (TPSA) is 147 Å². The summed E-state index contributed by atoms with van der Waals surface area (Å²) in [7, 11) is 0. The van der Waals surface area contributed by atoms with E-state index in [1.165, 1.54) is 0 Å². The number of carboxylic acids is 1. The molecule has 3 aromatic heterocycles. The van der Waals surface area contributed by atoms with Crippen molar-refractivity contribution >= 4 is 23.5 Å². The number of H-pyrrole nitrogens is 1. The zero-order valence-corrected chi connectivity index (χ0v) is 17.5. The lowest BCUT2D eigenvalue weighted by molar-refractivity contribution is -0.192. The Morgan fingerprint density at radius 2 is 1.82 bits per heavy atom. The number of nitrogens with two attached hydrogens (primary N) is 1. The van der Waals surface area contributed by atoms with Crippen LogP contribution in [0.25, 0.3) is 11.3 Å². The summed E-state index contributed by atoms with van der Waals surface area (Å²) in [6.45, 7) is 1.91. The van der Waals surface area contributed by atoms with Gasteiger partial charge in [-0.1, -0.05) is 0 Å². The van der Waals surface area contributed by atoms with Crippen molar-refractivity contribution in [2.45, 2.75) is 38.8 Å². The van der Waals surface area contributed by atoms with Gasteiger partial charge in [0.15, 0.2) is 5.82 Å². The van der Waals surface area contributed by atoms with Gasteiger partial charge < -0.3 is 16.2 Å². The van der Waals surface area contributed by atoms with Crippen LogP contribution in [0.2, 0.25) is 0 Å². The van der Waals surface area contributed by atoms with Gasteiger partial charge in [0.1, 0.15) is 5.82 Å². The Morgan fingerprint density at radius 3 is 2.45 bits per heavy atom. The average Bonchev–Trinajstić information content (AvgIpc) is 3.13. The molecule has 174 valence electrons. The van der Waals surface area contributed by atoms with Gasteiger partial charge in [0, 0.05) is 29.2 Å². The second kappa shape index (κ2) is 9.67. The number of carbonyl (C=O) groups excluding carboxylic acids is 1. The number of alkyl halides is 3. The molecule has 3 heterocycles. The van der Waals surface area contributed by atoms with Gasteiger partial charge in [0.05, 0.1) is 11.3 Å². The van der Waals surface area contributed by atoms with Crippen molar-refractivity contribution < 1.29 is 27.9 Å². The third-order valence-electron chi connectivity index (χ3n) is 5.03. The SMILES string of the molecule is Cc1c(NC(=O)c2cc3c(nc2N)CCCC3)n[nH]c1-c1ccncc1.O=C(O)C(F)(F)F. The number of fused-ring (bicyclic) bond motifs is 1. The summed E-state index contributed by atoms with van der Waals surface area (Å²) in [6, 6.07) is 5.65. The molecule has 0 aliphatic heterocycles. The number of aliphatic carboxylic acids is 1. The zero-order valence-electron chi connectivity index (χ0n) is 17.5. The zero-order chi connectivity index (χ0) is 24.2. The van der Waals surface area contributed by atoms with E-state index >= 15 is 0 Å². The molecule has 9 nitrogen and oxygen atoms in total. The summed E-state index contributed by atoms with van der Waals surface area (Å²) in [5, 5.41) is 17.2. The van der Waals surface area contributed by atoms with Crippen molar-refractivity contribution in [3.05, 3.63) is 53.0 Å². The quantitative estimate of drug-likeness (QED) is 0.466. The number of halogens is 3. The van der Waals surface area contributed by atoms with E-state index in [0.717, 1.165) is 53.8 Å². The minimum atomic E-state index is -5.08. The molecule has 1 aliphatic carbocycles. The van der Waals surface area contributed by atoms with Crippen molar-refractivity contribution in [2.24, 2.45) is 0 Å². The monoisotopic (exact) mass is 462 g/mol. The number of hydrogen-bond acceptors (Lipinski definition) is 6. The maximum absolute atomic E-state index is 12.7. The van der Waals surface area contributed by atoms with Crippen LogP contribution in [-0.2, 0) is 17.6 Å². The number of aromatic nitrogens is 4. The van der Waals surface area contributed by atoms with Gasteiger partial charge in [0.25, 0.3) is 5.91 Å². The molecule has 0 saturated carbocycles. The van der Waals surface area contributed by atoms with Crippen molar-refractivity contribution in [2.75, 3.05) is 11.1 Å². The number of aryl methyl sites for hydroxylation is 2. The third kappa shape index (κ3) is 5.64. The Labute approximate surface area is 186 Å². The Kier molecular flexibility index (Phi) is 6.95. The van der Waals surface area contributed by atoms with Crippen LogP contribution in [0.3, 0.4) is 0 Å². The highest BCUT2D eigenvalue weighted by Gasteiger charge is 2.38. The number of nitrogens with one attached hydrogen (secondary N) is 2. The fourth-order valence-electron chi connectivity index (χ4n) is 3.33. The van der Waals surface area contributed by atoms with E-state index in [9.17, 15) is 18.0 Å². The van der Waals surface area contributed by atoms with Gasteiger partial charge in [-0.05, 0) is 56.4 Å². The number of pyridine rings is 2. The first kappa shape index (κ1) is 23.7. The molecular formula is C21H21F3N6O3. The summed E-state index contributed by atoms with van der Waals surface area (Å²) in [6.07, 6.45) is 2.45. The van der Waals surface area contributed by atoms with Crippen LogP contribution in [0, 0.1) is 6.92 Å². The van der Waals surface area contributed by atoms with Crippen LogP contribution >= 0.6 is 0 Å². The fraction of sp³-hybridized carbons (Fsp3) is 0.286. The minimum absolute atomic E-state index is 0.269. The maximum Gasteiger partial charge on any atom is 0.490 e. The lowest BCUT2D eigenvalue weighted by Gasteiger charge is -2.16. The second-order valence-corrected chi connectivity index (χ2v) is 7.30. The second-order valence-electron chi connectivity index (χ2n) is 7.30. The van der Waals surface area contributed by atoms with Crippen molar-refractivity contribution in [1.29, 1.82) is 0 Å². The summed E-state index contributed by atoms with van der Waals surface area (Å²) < 4.78 is 31.7. The van der Waals surface area contributed by atoms with E-state index in [2.05, 4.69) is 25.5 Å². The van der Waals surface area contributed by atoms with Gasteiger partial charge in [0.2, 0.25) is 0 Å². The first-order valence-corrected chi connectivity index (χ1v) is 9.93. The predicted octanol–water partition coefficient (Wildman–Crippen LogP) is 3.52. The molecule has 1 amide bonds. The van der Waals surface area contributed by atoms with Gasteiger partial charge in [-0.15, -0.1) is 0 Å². The molecule has 33 heavy (non-hydrogen) atoms. The highest BCUT2D eigenvalue weighted by molar-refractivity contribution is 6.07. The Bertz CT molecular complexity index is 1160. The van der Waals surface area contributed by atoms with Crippen molar-refractivity contribution in [1.82, 2.24) is 20.2 Å². The van der Waals surface area contributed by atoms with E-state index < -0.39 is 12.1 Å². The number of aromatic amines is 1. The number of amides is 1. The van der Waals surface area contributed by atoms with E-state index in [0.29, 0.717) is 11.4 Å². The Morgan fingerprint density at radius 1 is 1.18 bits per heavy atom. The molecule has 4 rings (SSSR count). The Balaban J connectivity index is 0.000000383. The van der Waals surface area contributed by atoms with Crippen LogP contribution in [0.1, 0.15) is 40.0 Å². The molecule has 1 aliphatic rings. The smallest absolute Gasteiger partial charge is 0.475 e. The summed E-state index contributed by atoms with van der Waals surface area (Å²) in [4.78, 5) is 30.1. The number of anilines is 2. The molecule has 0 saturated heterocycles. The Hall–Kier alpha value is -3.96. The molecule has 12 heteroatoms. The predicted molar refractivity (Wildman–Crippen MR) is 113 cm³/mol. The van der Waals surface area contributed by atoms with Crippen LogP contribution in [-0.4, -0.2) is 43.3 Å². The third-order valence-corrected chi connectivity index (χ3v) is 5.03. The largest absolute Gasteiger partial charge is 0.490 e. The van der Waals surface area contributed by atoms with Crippen LogP contribution in [0.15, 0.2) is 30.6 Å². The van der Waals surface area contributed by atoms with Gasteiger partial charge >= 0.3 is 12.1 Å². The first-order valence-electron chi connectivity index (χ1n) is 9.93. The van der Waals surface area contributed by atoms with Gasteiger partial charge in [-0.2, -0.15) is 18.3 Å². The molecule has 0 unspecified atom stereocenters. The van der Waals surface area contributed by atoms with E-state index in [1.807, 2.05) is 25.1 Å². The minimum Gasteiger partial charge on any atom is -0.475 e. The highest BCUT2D eigenvalue weighted by atomic mass is 19.4. The van der Waals surface area contributed by atoms with E-state index in [1.54, 1.807) is 12.4 Å². The number of nitrogen functional groups attached to an aromatic ring is 1.